The molecule has 3 fully saturated rings. The maximum Gasteiger partial charge on any atom is 0.246 e. The first-order valence-electron chi connectivity index (χ1n) is 16.2. The third kappa shape index (κ3) is 12.2. The zero-order valence-electron chi connectivity index (χ0n) is 27.7. The van der Waals surface area contributed by atoms with Gasteiger partial charge in [-0.25, -0.2) is 0 Å². The van der Waals surface area contributed by atoms with Crippen molar-refractivity contribution in [3.8, 4) is 0 Å². The van der Waals surface area contributed by atoms with E-state index in [1.165, 1.54) is 0 Å². The van der Waals surface area contributed by atoms with Gasteiger partial charge in [-0.2, -0.15) is 0 Å². The van der Waals surface area contributed by atoms with E-state index in [1.807, 2.05) is 0 Å². The van der Waals surface area contributed by atoms with Gasteiger partial charge in [-0.3, -0.25) is 28.8 Å². The van der Waals surface area contributed by atoms with Gasteiger partial charge in [0.1, 0.15) is 74.1 Å². The average molecular weight is 755 g/mol. The molecule has 0 aromatic rings. The Kier molecular flexibility index (Phi) is 16.9. The Morgan fingerprint density at radius 1 is 0.596 bits per heavy atom. The van der Waals surface area contributed by atoms with E-state index in [9.17, 15) is 69.6 Å². The Hall–Kier alpha value is -3.66. The maximum atomic E-state index is 12.9. The first kappa shape index (κ1) is 42.8. The highest BCUT2D eigenvalue weighted by Gasteiger charge is 2.45. The summed E-state index contributed by atoms with van der Waals surface area (Å²) >= 11 is 0. The van der Waals surface area contributed by atoms with Gasteiger partial charge in [0.2, 0.25) is 35.4 Å². The topological polar surface area (TPSA) is 373 Å². The first-order valence-corrected chi connectivity index (χ1v) is 16.2. The van der Waals surface area contributed by atoms with Crippen LogP contribution in [0.25, 0.3) is 0 Å². The second-order valence-corrected chi connectivity index (χ2v) is 11.9. The third-order valence-electron chi connectivity index (χ3n) is 8.07. The molecule has 0 saturated carbocycles. The van der Waals surface area contributed by atoms with Crippen molar-refractivity contribution in [2.24, 2.45) is 0 Å². The molecule has 0 aromatic heterocycles. The van der Waals surface area contributed by atoms with Gasteiger partial charge in [-0.1, -0.05) is 0 Å². The lowest BCUT2D eigenvalue weighted by Crippen LogP contribution is -2.60. The van der Waals surface area contributed by atoms with E-state index in [0.29, 0.717) is 0 Å². The van der Waals surface area contributed by atoms with E-state index < -0.39 is 148 Å². The summed E-state index contributed by atoms with van der Waals surface area (Å²) < 4.78 is 20.6. The zero-order valence-corrected chi connectivity index (χ0v) is 27.7. The molecule has 52 heavy (non-hydrogen) atoms. The molecule has 1 unspecified atom stereocenters. The fraction of sp³-hybridized carbons (Fsp3) is 0.786. The number of aliphatic hydroxyl groups excluding tert-OH is 8. The lowest BCUT2D eigenvalue weighted by molar-refractivity contribution is -0.299. The van der Waals surface area contributed by atoms with E-state index in [0.717, 1.165) is 0 Å². The monoisotopic (exact) mass is 754 g/mol. The van der Waals surface area contributed by atoms with Crippen LogP contribution >= 0.6 is 0 Å². The van der Waals surface area contributed by atoms with Crippen molar-refractivity contribution in [2.45, 2.75) is 86.3 Å². The minimum atomic E-state index is -1.78. The minimum absolute atomic E-state index is 0.275. The Bertz CT molecular complexity index is 1150. The Labute approximate surface area is 295 Å². The molecule has 296 valence electrons. The minimum Gasteiger partial charge on any atom is -0.394 e. The number of hydrogen-bond acceptors (Lipinski definition) is 18. The second-order valence-electron chi connectivity index (χ2n) is 11.9. The van der Waals surface area contributed by atoms with Gasteiger partial charge in [0.05, 0.1) is 13.2 Å². The number of carbonyl (C=O) groups excluding carboxylic acids is 6. The van der Waals surface area contributed by atoms with Crippen LogP contribution in [0.4, 0.5) is 0 Å². The highest BCUT2D eigenvalue weighted by Crippen LogP contribution is 2.23. The number of rotatable bonds is 10. The number of ether oxygens (including phenoxy) is 4. The first-order chi connectivity index (χ1) is 24.7. The van der Waals surface area contributed by atoms with Crippen LogP contribution in [0.2, 0.25) is 0 Å². The summed E-state index contributed by atoms with van der Waals surface area (Å²) in [5, 5.41) is 92.5. The molecule has 0 aliphatic carbocycles. The molecule has 3 aliphatic heterocycles. The van der Waals surface area contributed by atoms with Gasteiger partial charge in [0.15, 0.2) is 12.6 Å². The number of carbonyl (C=O) groups is 6. The molecular weight excluding hydrogens is 708 g/mol. The summed E-state index contributed by atoms with van der Waals surface area (Å²) in [6.07, 6.45) is -16.9. The summed E-state index contributed by atoms with van der Waals surface area (Å²) in [7, 11) is 0. The van der Waals surface area contributed by atoms with Crippen molar-refractivity contribution in [1.82, 2.24) is 31.9 Å². The zero-order chi connectivity index (χ0) is 38.5. The van der Waals surface area contributed by atoms with Gasteiger partial charge in [-0.05, 0) is 0 Å². The lowest BCUT2D eigenvalue weighted by atomic mass is 9.99. The normalized spacial score (nSPS) is 35.7. The highest BCUT2D eigenvalue weighted by molar-refractivity contribution is 5.90. The standard InChI is InChI=1S/C28H46N6O18/c35-7-13-19(41)21(43)23(45)27(51-13)49-9-17(39)33-11-5-31-15(37)1-3-29-25(47)12(6-32-16(38)2-4-30-26(11)48)34-18(40)10-50-28-24(46)22(44)20(42)14(8-36)52-28/h11-14,19-24,27-28,35-36,41-46H,1-10H2,(H,29,47)(H,30,48)(H,31,37)(H,32,38)(H,33,39)(H,34,40)/t11-,12?,13+,14+,19-,20+,21-,22-,23+,24+,27+,28+/m0/s1. The molecule has 14 N–H and O–H groups in total. The molecule has 0 aromatic carbocycles. The van der Waals surface area contributed by atoms with Crippen LogP contribution in [-0.2, 0) is 47.7 Å². The van der Waals surface area contributed by atoms with Crippen LogP contribution in [-0.4, -0.2) is 202 Å². The predicted octanol–water partition coefficient (Wildman–Crippen LogP) is -10.2. The molecular formula is C28H46N6O18. The number of amides is 6. The fourth-order valence-electron chi connectivity index (χ4n) is 5.07. The van der Waals surface area contributed by atoms with E-state index in [2.05, 4.69) is 31.9 Å². The van der Waals surface area contributed by atoms with Gasteiger partial charge in [0.25, 0.3) is 0 Å². The van der Waals surface area contributed by atoms with Crippen molar-refractivity contribution in [3.05, 3.63) is 0 Å². The molecule has 3 saturated heterocycles. The van der Waals surface area contributed by atoms with E-state index in [1.54, 1.807) is 0 Å². The number of hydrogen-bond donors (Lipinski definition) is 14. The Morgan fingerprint density at radius 3 is 1.31 bits per heavy atom. The van der Waals surface area contributed by atoms with Gasteiger partial charge >= 0.3 is 0 Å². The van der Waals surface area contributed by atoms with Gasteiger partial charge in [-0.15, -0.1) is 0 Å². The molecule has 24 heteroatoms. The van der Waals surface area contributed by atoms with E-state index in [-0.39, 0.29) is 25.9 Å². The molecule has 3 heterocycles. The fourth-order valence-corrected chi connectivity index (χ4v) is 5.07. The quantitative estimate of drug-likeness (QED) is 0.0984. The molecule has 3 rings (SSSR count). The summed E-state index contributed by atoms with van der Waals surface area (Å²) in [6.45, 7) is -4.58. The highest BCUT2D eigenvalue weighted by atomic mass is 16.7. The summed E-state index contributed by atoms with van der Waals surface area (Å²) in [4.78, 5) is 75.9. The predicted molar refractivity (Wildman–Crippen MR) is 165 cm³/mol. The van der Waals surface area contributed by atoms with E-state index >= 15 is 0 Å². The van der Waals surface area contributed by atoms with Crippen LogP contribution in [0.5, 0.6) is 0 Å². The number of nitrogens with one attached hydrogen (secondary N) is 6. The summed E-state index contributed by atoms with van der Waals surface area (Å²) in [5.74, 6) is -4.84. The largest absolute Gasteiger partial charge is 0.394 e. The van der Waals surface area contributed by atoms with Crippen LogP contribution in [0, 0.1) is 0 Å². The van der Waals surface area contributed by atoms with E-state index in [4.69, 9.17) is 18.9 Å². The molecule has 0 bridgehead atoms. The average Bonchev–Trinajstić information content (AvgIpc) is 3.11. The maximum absolute atomic E-state index is 12.9. The van der Waals surface area contributed by atoms with Crippen molar-refractivity contribution in [3.63, 3.8) is 0 Å². The summed E-state index contributed by atoms with van der Waals surface area (Å²) in [5.41, 5.74) is 0. The van der Waals surface area contributed by atoms with Crippen LogP contribution in [0.3, 0.4) is 0 Å². The smallest absolute Gasteiger partial charge is 0.246 e. The molecule has 0 spiro atoms. The van der Waals surface area contributed by atoms with Gasteiger partial charge in [0, 0.05) is 39.0 Å². The molecule has 0 radical (unpaired) electrons. The van der Waals surface area contributed by atoms with Gasteiger partial charge < -0.3 is 91.7 Å². The molecule has 12 atom stereocenters. The SMILES string of the molecule is O=C1CCNC(=O)[C@@H](NC(=O)CO[C@@H]2O[C@H](CO)[C@H](O)[C@H](O)[C@H]2O)CNC(=O)CCNC(=O)C(NC(=O)CO[C@@H]2O[C@H](CO)[C@@H](O)[C@H](O)[C@H]2O)CN1. The van der Waals surface area contributed by atoms with Crippen molar-refractivity contribution >= 4 is 35.4 Å². The molecule has 6 amide bonds. The number of aliphatic hydroxyl groups is 8. The Balaban J connectivity index is 1.53. The molecule has 3 aliphatic rings. The van der Waals surface area contributed by atoms with Crippen molar-refractivity contribution < 1.29 is 88.6 Å². The lowest BCUT2D eigenvalue weighted by Gasteiger charge is -2.39. The van der Waals surface area contributed by atoms with Crippen molar-refractivity contribution in [1.29, 1.82) is 0 Å². The van der Waals surface area contributed by atoms with Crippen LogP contribution in [0.15, 0.2) is 0 Å². The third-order valence-corrected chi connectivity index (χ3v) is 8.07. The Morgan fingerprint density at radius 2 is 0.962 bits per heavy atom. The van der Waals surface area contributed by atoms with Crippen LogP contribution < -0.4 is 31.9 Å². The second kappa shape index (κ2) is 20.5. The van der Waals surface area contributed by atoms with Crippen LogP contribution in [0.1, 0.15) is 12.8 Å². The van der Waals surface area contributed by atoms with Crippen molar-refractivity contribution in [2.75, 3.05) is 52.6 Å². The summed E-state index contributed by atoms with van der Waals surface area (Å²) in [6, 6.07) is -2.80. The molecule has 24 nitrogen and oxygen atoms in total.